The number of fused-ring (bicyclic) bond motifs is 12. The minimum Gasteiger partial charge on any atom is -0.310 e. The third-order valence-corrected chi connectivity index (χ3v) is 15.8. The predicted octanol–water partition coefficient (Wildman–Crippen LogP) is 17.8. The van der Waals surface area contributed by atoms with E-state index < -0.39 is 0 Å². The third-order valence-electron chi connectivity index (χ3n) is 15.8. The molecule has 0 fully saturated rings. The van der Waals surface area contributed by atoms with Gasteiger partial charge >= 0.3 is 0 Å². The van der Waals surface area contributed by atoms with Gasteiger partial charge in [0.05, 0.1) is 22.1 Å². The van der Waals surface area contributed by atoms with Gasteiger partial charge in [0, 0.05) is 33.2 Å². The highest BCUT2D eigenvalue weighted by atomic mass is 15.1. The number of hydrogen-bond acceptors (Lipinski definition) is 1. The lowest BCUT2D eigenvalue weighted by atomic mass is 9.67. The highest BCUT2D eigenvalue weighted by Gasteiger charge is 2.54. The van der Waals surface area contributed by atoms with Crippen LogP contribution >= 0.6 is 0 Å². The average molecular weight is 883 g/mol. The summed E-state index contributed by atoms with van der Waals surface area (Å²) in [6, 6.07) is 76.6. The molecule has 2 nitrogen and oxygen atoms in total. The lowest BCUT2D eigenvalue weighted by Crippen LogP contribution is -2.28. The van der Waals surface area contributed by atoms with Gasteiger partial charge in [-0.05, 0) is 151 Å². The van der Waals surface area contributed by atoms with Crippen LogP contribution in [0.1, 0.15) is 37.8 Å². The van der Waals surface area contributed by atoms with Crippen LogP contribution in [0.2, 0.25) is 0 Å². The van der Waals surface area contributed by atoms with Crippen molar-refractivity contribution in [3.8, 4) is 39.1 Å². The first-order valence-corrected chi connectivity index (χ1v) is 24.7. The number of para-hydroxylation sites is 3. The molecule has 1 spiro atoms. The Morgan fingerprint density at radius 2 is 1.09 bits per heavy atom. The van der Waals surface area contributed by atoms with E-state index in [0.717, 1.165) is 35.6 Å². The summed E-state index contributed by atoms with van der Waals surface area (Å²) in [4.78, 5) is 2.43. The van der Waals surface area contributed by atoms with Gasteiger partial charge < -0.3 is 9.47 Å². The van der Waals surface area contributed by atoms with Crippen molar-refractivity contribution in [1.29, 1.82) is 0 Å². The molecule has 0 radical (unpaired) electrons. The maximum Gasteiger partial charge on any atom is 0.0719 e. The zero-order chi connectivity index (χ0) is 45.8. The van der Waals surface area contributed by atoms with Gasteiger partial charge in [0.15, 0.2) is 0 Å². The van der Waals surface area contributed by atoms with Crippen LogP contribution in [0, 0.1) is 11.8 Å². The second-order valence-electron chi connectivity index (χ2n) is 19.6. The van der Waals surface area contributed by atoms with Crippen molar-refractivity contribution in [1.82, 2.24) is 4.57 Å². The summed E-state index contributed by atoms with van der Waals surface area (Å²) < 4.78 is 2.38. The Morgan fingerprint density at radius 1 is 0.478 bits per heavy atom. The minimum absolute atomic E-state index is 0.325. The molecule has 328 valence electrons. The first kappa shape index (κ1) is 39.9. The van der Waals surface area contributed by atoms with Gasteiger partial charge in [-0.3, -0.25) is 0 Å². The van der Waals surface area contributed by atoms with E-state index in [2.05, 4.69) is 254 Å². The quantitative estimate of drug-likeness (QED) is 0.162. The summed E-state index contributed by atoms with van der Waals surface area (Å²) in [6.45, 7) is 4.82. The first-order chi connectivity index (χ1) is 34.1. The molecule has 1 heterocycles. The fourth-order valence-corrected chi connectivity index (χ4v) is 12.9. The molecular weight excluding hydrogens is 833 g/mol. The van der Waals surface area contributed by atoms with Crippen LogP contribution in [0.4, 0.5) is 17.1 Å². The molecule has 0 aliphatic heterocycles. The van der Waals surface area contributed by atoms with Gasteiger partial charge in [-0.1, -0.05) is 190 Å². The van der Waals surface area contributed by atoms with Gasteiger partial charge in [0.25, 0.3) is 0 Å². The highest BCUT2D eigenvalue weighted by Crippen LogP contribution is 2.66. The van der Waals surface area contributed by atoms with E-state index >= 15 is 0 Å². The molecule has 9 aromatic carbocycles. The van der Waals surface area contributed by atoms with Crippen molar-refractivity contribution >= 4 is 49.6 Å². The molecule has 0 amide bonds. The summed E-state index contributed by atoms with van der Waals surface area (Å²) in [7, 11) is 0. The van der Waals surface area contributed by atoms with Crippen LogP contribution < -0.4 is 4.90 Å². The van der Waals surface area contributed by atoms with E-state index in [1.54, 1.807) is 11.1 Å². The Bertz CT molecular complexity index is 3800. The SMILES string of the molecule is CC1C=CC2=C(C1)C1=C(C=CCC1C)C21c2ccccc2-c2c(-c3ccc(N(c4ccccc4)c4ccc(-c5ccc(-n6c7ccccc7c7ccccc76)cc5)cc4)c4ccccc34)cccc21. The average Bonchev–Trinajstić information content (AvgIpc) is 4.02. The second-order valence-corrected chi connectivity index (χ2v) is 19.6. The molecule has 0 saturated carbocycles. The predicted molar refractivity (Wildman–Crippen MR) is 290 cm³/mol. The van der Waals surface area contributed by atoms with E-state index in [0.29, 0.717) is 11.8 Å². The van der Waals surface area contributed by atoms with Crippen LogP contribution in [0.15, 0.2) is 253 Å². The molecule has 4 aliphatic rings. The van der Waals surface area contributed by atoms with Crippen LogP contribution in [-0.4, -0.2) is 4.57 Å². The largest absolute Gasteiger partial charge is 0.310 e. The Hall–Kier alpha value is -8.20. The number of nitrogens with zero attached hydrogens (tertiary/aromatic N) is 2. The van der Waals surface area contributed by atoms with Crippen molar-refractivity contribution in [2.75, 3.05) is 4.90 Å². The molecule has 0 N–H and O–H groups in total. The summed E-state index contributed by atoms with van der Waals surface area (Å²) in [5.41, 5.74) is 23.3. The smallest absolute Gasteiger partial charge is 0.0719 e. The first-order valence-electron chi connectivity index (χ1n) is 24.7. The normalized spacial score (nSPS) is 18.9. The summed E-state index contributed by atoms with van der Waals surface area (Å²) in [5, 5.41) is 5.00. The molecular formula is C67H50N2. The summed E-state index contributed by atoms with van der Waals surface area (Å²) >= 11 is 0. The maximum atomic E-state index is 2.50. The van der Waals surface area contributed by atoms with Gasteiger partial charge in [0.2, 0.25) is 0 Å². The zero-order valence-corrected chi connectivity index (χ0v) is 38.9. The Balaban J connectivity index is 0.879. The Morgan fingerprint density at radius 3 is 1.84 bits per heavy atom. The van der Waals surface area contributed by atoms with E-state index in [1.807, 2.05) is 0 Å². The Labute approximate surface area is 404 Å². The Kier molecular flexibility index (Phi) is 8.92. The monoisotopic (exact) mass is 882 g/mol. The fraction of sp³-hybridized carbons (Fsp3) is 0.104. The summed E-state index contributed by atoms with van der Waals surface area (Å²) in [5.74, 6) is 1.03. The van der Waals surface area contributed by atoms with Crippen LogP contribution in [0.3, 0.4) is 0 Å². The number of benzene rings is 9. The molecule has 3 atom stereocenters. The number of allylic oxidation sites excluding steroid dienone is 8. The zero-order valence-electron chi connectivity index (χ0n) is 38.9. The molecule has 69 heavy (non-hydrogen) atoms. The highest BCUT2D eigenvalue weighted by molar-refractivity contribution is 6.11. The lowest BCUT2D eigenvalue weighted by molar-refractivity contribution is 0.648. The van der Waals surface area contributed by atoms with Crippen molar-refractivity contribution in [3.05, 3.63) is 264 Å². The van der Waals surface area contributed by atoms with E-state index in [1.165, 1.54) is 88.2 Å². The molecule has 2 heteroatoms. The van der Waals surface area contributed by atoms with Crippen molar-refractivity contribution < 1.29 is 0 Å². The molecule has 4 aliphatic carbocycles. The molecule has 1 aromatic heterocycles. The number of hydrogen-bond donors (Lipinski definition) is 0. The van der Waals surface area contributed by atoms with Gasteiger partial charge in [-0.25, -0.2) is 0 Å². The fourth-order valence-electron chi connectivity index (χ4n) is 12.9. The van der Waals surface area contributed by atoms with Crippen LogP contribution in [-0.2, 0) is 5.41 Å². The molecule has 0 bridgehead atoms. The molecule has 10 aromatic rings. The van der Waals surface area contributed by atoms with E-state index in [9.17, 15) is 0 Å². The topological polar surface area (TPSA) is 8.17 Å². The van der Waals surface area contributed by atoms with Crippen LogP contribution in [0.25, 0.3) is 71.6 Å². The van der Waals surface area contributed by atoms with Crippen molar-refractivity contribution in [2.24, 2.45) is 11.8 Å². The van der Waals surface area contributed by atoms with E-state index in [-0.39, 0.29) is 5.41 Å². The minimum atomic E-state index is -0.325. The standard InChI is InChI=1S/C67H50N2/c1-43-30-40-59-57(42-43)65-44(2)16-14-26-60(65)67(59)58-25-11-8-23-56(58)66-55(24-15-27-61(66)67)51-39-41-64(52-20-7-6-19-50(51)52)68(47-17-4-3-5-18-47)48-35-31-45(32-36-48)46-33-37-49(38-34-46)69-62-28-12-9-21-53(62)54-22-10-13-29-63(54)69/h3-15,17-41,43-44H,16,42H2,1-2H3. The van der Waals surface area contributed by atoms with Gasteiger partial charge in [0.1, 0.15) is 0 Å². The van der Waals surface area contributed by atoms with Gasteiger partial charge in [-0.2, -0.15) is 0 Å². The van der Waals surface area contributed by atoms with Crippen molar-refractivity contribution in [2.45, 2.75) is 32.1 Å². The van der Waals surface area contributed by atoms with Gasteiger partial charge in [-0.15, -0.1) is 0 Å². The van der Waals surface area contributed by atoms with Crippen molar-refractivity contribution in [3.63, 3.8) is 0 Å². The molecule has 3 unspecified atom stereocenters. The van der Waals surface area contributed by atoms with E-state index in [4.69, 9.17) is 0 Å². The van der Waals surface area contributed by atoms with Crippen LogP contribution in [0.5, 0.6) is 0 Å². The number of anilines is 3. The third kappa shape index (κ3) is 5.79. The summed E-state index contributed by atoms with van der Waals surface area (Å²) in [6.07, 6.45) is 12.1. The second kappa shape index (κ2) is 15.4. The maximum absolute atomic E-state index is 2.50. The number of aromatic nitrogens is 1. The lowest BCUT2D eigenvalue weighted by Gasteiger charge is -2.34. The number of rotatable bonds is 6. The molecule has 0 saturated heterocycles. The molecule has 14 rings (SSSR count).